The van der Waals surface area contributed by atoms with Crippen molar-refractivity contribution < 1.29 is 13.2 Å². The Bertz CT molecular complexity index is 911. The highest BCUT2D eigenvalue weighted by molar-refractivity contribution is 7.99. The third-order valence-corrected chi connectivity index (χ3v) is 7.15. The molecule has 1 aliphatic rings. The molecule has 1 N–H and O–H groups in total. The van der Waals surface area contributed by atoms with E-state index in [9.17, 15) is 13.2 Å². The number of halogens is 1. The number of carbonyl (C=O) groups excluding carboxylic acids is 1. The van der Waals surface area contributed by atoms with Crippen molar-refractivity contribution in [2.24, 2.45) is 0 Å². The number of nitrogens with zero attached hydrogens (tertiary/aromatic N) is 4. The molecule has 1 fully saturated rings. The standard InChI is InChI=1S/C15H18ClN5O3S2/c1-9-3-10(2)5-11(4-9)21-15(18-19-20-21)25-6-14(22)17-13-8-26(23,24)7-12(13)16/h3-5,12-13H,6-8H2,1-2H3,(H,17,22)/t12-,13+/m0/s1. The lowest BCUT2D eigenvalue weighted by Crippen LogP contribution is -2.41. The zero-order chi connectivity index (χ0) is 18.9. The van der Waals surface area contributed by atoms with Gasteiger partial charge in [0, 0.05) is 0 Å². The molecule has 2 heterocycles. The molecule has 0 bridgehead atoms. The largest absolute Gasteiger partial charge is 0.350 e. The fourth-order valence-corrected chi connectivity index (χ4v) is 6.07. The highest BCUT2D eigenvalue weighted by atomic mass is 35.5. The molecule has 1 aromatic carbocycles. The van der Waals surface area contributed by atoms with Crippen LogP contribution in [-0.2, 0) is 14.6 Å². The first-order chi connectivity index (χ1) is 12.2. The minimum Gasteiger partial charge on any atom is -0.350 e. The number of sulfone groups is 1. The van der Waals surface area contributed by atoms with Crippen LogP contribution in [0.5, 0.6) is 0 Å². The van der Waals surface area contributed by atoms with E-state index >= 15 is 0 Å². The summed E-state index contributed by atoms with van der Waals surface area (Å²) in [5.41, 5.74) is 2.98. The zero-order valence-electron chi connectivity index (χ0n) is 14.2. The van der Waals surface area contributed by atoms with Crippen molar-refractivity contribution in [2.45, 2.75) is 30.4 Å². The lowest BCUT2D eigenvalue weighted by atomic mass is 10.1. The molecular weight excluding hydrogens is 398 g/mol. The molecule has 0 radical (unpaired) electrons. The van der Waals surface area contributed by atoms with Crippen molar-refractivity contribution >= 4 is 39.1 Å². The molecule has 1 amide bonds. The number of hydrogen-bond acceptors (Lipinski definition) is 7. The summed E-state index contributed by atoms with van der Waals surface area (Å²) in [4.78, 5) is 12.1. The molecular formula is C15H18ClN5O3S2. The number of amides is 1. The van der Waals surface area contributed by atoms with Crippen LogP contribution in [0.1, 0.15) is 11.1 Å². The number of benzene rings is 1. The zero-order valence-corrected chi connectivity index (χ0v) is 16.6. The molecule has 0 saturated carbocycles. The number of rotatable bonds is 5. The van der Waals surface area contributed by atoms with Crippen LogP contribution >= 0.6 is 23.4 Å². The van der Waals surface area contributed by atoms with Gasteiger partial charge in [0.25, 0.3) is 0 Å². The van der Waals surface area contributed by atoms with Gasteiger partial charge in [-0.15, -0.1) is 16.7 Å². The van der Waals surface area contributed by atoms with Crippen molar-refractivity contribution in [1.82, 2.24) is 25.5 Å². The highest BCUT2D eigenvalue weighted by Crippen LogP contribution is 2.21. The first-order valence-electron chi connectivity index (χ1n) is 7.87. The maximum Gasteiger partial charge on any atom is 0.230 e. The third-order valence-electron chi connectivity index (χ3n) is 3.85. The predicted octanol–water partition coefficient (Wildman–Crippen LogP) is 0.892. The summed E-state index contributed by atoms with van der Waals surface area (Å²) >= 11 is 7.18. The Kier molecular flexibility index (Phi) is 5.54. The summed E-state index contributed by atoms with van der Waals surface area (Å²) < 4.78 is 24.7. The van der Waals surface area contributed by atoms with Gasteiger partial charge in [-0.05, 0) is 47.5 Å². The molecule has 0 aliphatic carbocycles. The number of aryl methyl sites for hydroxylation is 2. The van der Waals surface area contributed by atoms with E-state index in [1.807, 2.05) is 32.0 Å². The molecule has 11 heteroatoms. The summed E-state index contributed by atoms with van der Waals surface area (Å²) in [7, 11) is -3.19. The third kappa shape index (κ3) is 4.54. The van der Waals surface area contributed by atoms with Gasteiger partial charge < -0.3 is 5.32 Å². The average molecular weight is 416 g/mol. The second-order valence-corrected chi connectivity index (χ2v) is 9.93. The van der Waals surface area contributed by atoms with Crippen LogP contribution in [0.2, 0.25) is 0 Å². The summed E-state index contributed by atoms with van der Waals surface area (Å²) in [5.74, 6) is -0.487. The molecule has 3 rings (SSSR count). The predicted molar refractivity (Wildman–Crippen MR) is 99.6 cm³/mol. The summed E-state index contributed by atoms with van der Waals surface area (Å²) in [6.45, 7) is 3.97. The van der Waals surface area contributed by atoms with Crippen LogP contribution in [0.4, 0.5) is 0 Å². The Labute approximate surface area is 160 Å². The Morgan fingerprint density at radius 2 is 2.00 bits per heavy atom. The number of alkyl halides is 1. The van der Waals surface area contributed by atoms with E-state index in [0.717, 1.165) is 16.8 Å². The van der Waals surface area contributed by atoms with Gasteiger partial charge in [-0.25, -0.2) is 8.42 Å². The number of thioether (sulfide) groups is 1. The quantitative estimate of drug-likeness (QED) is 0.570. The maximum atomic E-state index is 12.1. The van der Waals surface area contributed by atoms with E-state index in [2.05, 4.69) is 20.8 Å². The van der Waals surface area contributed by atoms with E-state index in [4.69, 9.17) is 11.6 Å². The molecule has 1 aromatic heterocycles. The summed E-state index contributed by atoms with van der Waals surface area (Å²) in [6.07, 6.45) is 0. The highest BCUT2D eigenvalue weighted by Gasteiger charge is 2.37. The molecule has 8 nitrogen and oxygen atoms in total. The number of aromatic nitrogens is 4. The topological polar surface area (TPSA) is 107 Å². The fraction of sp³-hybridized carbons (Fsp3) is 0.467. The summed E-state index contributed by atoms with van der Waals surface area (Å²) in [6, 6.07) is 5.39. The van der Waals surface area contributed by atoms with Crippen LogP contribution in [0.3, 0.4) is 0 Å². The van der Waals surface area contributed by atoms with Gasteiger partial charge in [0.05, 0.1) is 34.4 Å². The monoisotopic (exact) mass is 415 g/mol. The number of hydrogen-bond donors (Lipinski definition) is 1. The van der Waals surface area contributed by atoms with Gasteiger partial charge in [-0.2, -0.15) is 4.68 Å². The van der Waals surface area contributed by atoms with Crippen molar-refractivity contribution in [2.75, 3.05) is 17.3 Å². The van der Waals surface area contributed by atoms with Crippen LogP contribution in [0.25, 0.3) is 5.69 Å². The lowest BCUT2D eigenvalue weighted by molar-refractivity contribution is -0.119. The van der Waals surface area contributed by atoms with Gasteiger partial charge in [0.1, 0.15) is 0 Å². The van der Waals surface area contributed by atoms with Crippen LogP contribution in [-0.4, -0.2) is 63.2 Å². The molecule has 140 valence electrons. The van der Waals surface area contributed by atoms with Gasteiger partial charge in [-0.3, -0.25) is 4.79 Å². The molecule has 2 aromatic rings. The Balaban J connectivity index is 1.64. The van der Waals surface area contributed by atoms with Gasteiger partial charge in [0.2, 0.25) is 11.1 Å². The van der Waals surface area contributed by atoms with Crippen LogP contribution in [0, 0.1) is 13.8 Å². The van der Waals surface area contributed by atoms with Crippen molar-refractivity contribution in [3.8, 4) is 5.69 Å². The molecule has 2 atom stereocenters. The number of carbonyl (C=O) groups is 1. The minimum atomic E-state index is -3.19. The molecule has 1 saturated heterocycles. The smallest absolute Gasteiger partial charge is 0.230 e. The van der Waals surface area contributed by atoms with Gasteiger partial charge >= 0.3 is 0 Å². The van der Waals surface area contributed by atoms with E-state index in [1.165, 1.54) is 11.8 Å². The first kappa shape index (κ1) is 19.1. The minimum absolute atomic E-state index is 0.0608. The maximum absolute atomic E-state index is 12.1. The van der Waals surface area contributed by atoms with E-state index in [0.29, 0.717) is 5.16 Å². The number of tetrazole rings is 1. The molecule has 0 unspecified atom stereocenters. The second-order valence-electron chi connectivity index (χ2n) is 6.27. The van der Waals surface area contributed by atoms with Gasteiger partial charge in [0.15, 0.2) is 9.84 Å². The SMILES string of the molecule is Cc1cc(C)cc(-n2nnnc2SCC(=O)N[C@@H]2CS(=O)(=O)C[C@@H]2Cl)c1. The Morgan fingerprint density at radius 1 is 1.31 bits per heavy atom. The Hall–Kier alpha value is -1.65. The van der Waals surface area contributed by atoms with E-state index < -0.39 is 21.3 Å². The van der Waals surface area contributed by atoms with E-state index in [-0.39, 0.29) is 23.2 Å². The average Bonchev–Trinajstić information content (AvgIpc) is 3.08. The first-order valence-corrected chi connectivity index (χ1v) is 11.1. The Morgan fingerprint density at radius 3 is 2.62 bits per heavy atom. The van der Waals surface area contributed by atoms with E-state index in [1.54, 1.807) is 4.68 Å². The molecule has 1 aliphatic heterocycles. The van der Waals surface area contributed by atoms with Crippen molar-refractivity contribution in [1.29, 1.82) is 0 Å². The van der Waals surface area contributed by atoms with Crippen molar-refractivity contribution in [3.63, 3.8) is 0 Å². The number of nitrogens with one attached hydrogen (secondary N) is 1. The summed E-state index contributed by atoms with van der Waals surface area (Å²) in [5, 5.41) is 14.2. The van der Waals surface area contributed by atoms with Crippen molar-refractivity contribution in [3.05, 3.63) is 29.3 Å². The van der Waals surface area contributed by atoms with Crippen LogP contribution < -0.4 is 5.32 Å². The lowest BCUT2D eigenvalue weighted by Gasteiger charge is -2.14. The fourth-order valence-electron chi connectivity index (χ4n) is 2.82. The molecule has 26 heavy (non-hydrogen) atoms. The second kappa shape index (κ2) is 7.53. The normalized spacial score (nSPS) is 21.7. The van der Waals surface area contributed by atoms with Gasteiger partial charge in [-0.1, -0.05) is 17.8 Å². The molecule has 0 spiro atoms. The van der Waals surface area contributed by atoms with Crippen LogP contribution in [0.15, 0.2) is 23.4 Å².